The monoisotopic (exact) mass is 236 g/mol. The molecule has 0 amide bonds. The Hall–Kier alpha value is -0.800. The van der Waals surface area contributed by atoms with Crippen LogP contribution in [0, 0.1) is 0 Å². The quantitative estimate of drug-likeness (QED) is 0.593. The molecule has 1 saturated heterocycles. The highest BCUT2D eigenvalue weighted by molar-refractivity contribution is 7.99. The number of hydrogen-bond donors (Lipinski definition) is 0. The van der Waals surface area contributed by atoms with Crippen LogP contribution in [-0.4, -0.2) is 24.2 Å². The van der Waals surface area contributed by atoms with Gasteiger partial charge in [0, 0.05) is 16.2 Å². The zero-order valence-electron chi connectivity index (χ0n) is 9.39. The summed E-state index contributed by atoms with van der Waals surface area (Å²) in [7, 11) is 0. The van der Waals surface area contributed by atoms with Crippen molar-refractivity contribution in [3.63, 3.8) is 0 Å². The first-order valence-electron chi connectivity index (χ1n) is 5.61. The van der Waals surface area contributed by atoms with Crippen LogP contribution in [0.2, 0.25) is 0 Å². The predicted octanol–water partition coefficient (Wildman–Crippen LogP) is 3.16. The number of aldehydes is 1. The topological polar surface area (TPSA) is 26.3 Å². The Balaban J connectivity index is 1.82. The van der Waals surface area contributed by atoms with Crippen LogP contribution < -0.4 is 0 Å². The number of hydrogen-bond acceptors (Lipinski definition) is 3. The molecule has 0 aromatic heterocycles. The molecule has 0 spiro atoms. The van der Waals surface area contributed by atoms with Gasteiger partial charge in [0.25, 0.3) is 0 Å². The highest BCUT2D eigenvalue weighted by atomic mass is 32.2. The van der Waals surface area contributed by atoms with Crippen LogP contribution >= 0.6 is 11.8 Å². The van der Waals surface area contributed by atoms with E-state index in [-0.39, 0.29) is 0 Å². The van der Waals surface area contributed by atoms with Crippen LogP contribution in [0.4, 0.5) is 0 Å². The van der Waals surface area contributed by atoms with E-state index in [1.807, 2.05) is 24.3 Å². The van der Waals surface area contributed by atoms with Gasteiger partial charge in [0.15, 0.2) is 0 Å². The third kappa shape index (κ3) is 3.09. The Kier molecular flexibility index (Phi) is 4.02. The molecule has 0 aliphatic carbocycles. The molecule has 16 heavy (non-hydrogen) atoms. The second-order valence-corrected chi connectivity index (χ2v) is 5.24. The number of benzene rings is 1. The fraction of sp³-hybridized carbons (Fsp3) is 0.462. The number of carbonyl (C=O) groups is 1. The van der Waals surface area contributed by atoms with Gasteiger partial charge in [0.2, 0.25) is 0 Å². The predicted molar refractivity (Wildman–Crippen MR) is 66.1 cm³/mol. The van der Waals surface area contributed by atoms with Gasteiger partial charge < -0.3 is 4.74 Å². The lowest BCUT2D eigenvalue weighted by atomic mass is 10.2. The largest absolute Gasteiger partial charge is 0.374 e. The Morgan fingerprint density at radius 3 is 2.69 bits per heavy atom. The van der Waals surface area contributed by atoms with E-state index in [2.05, 4.69) is 6.92 Å². The van der Waals surface area contributed by atoms with Crippen LogP contribution in [0.5, 0.6) is 0 Å². The van der Waals surface area contributed by atoms with Gasteiger partial charge in [-0.1, -0.05) is 12.1 Å². The first-order valence-corrected chi connectivity index (χ1v) is 6.60. The molecule has 1 aliphatic heterocycles. The molecule has 1 heterocycles. The molecular weight excluding hydrogens is 220 g/mol. The first kappa shape index (κ1) is 11.7. The molecule has 1 aromatic rings. The van der Waals surface area contributed by atoms with Crippen LogP contribution in [0.3, 0.4) is 0 Å². The number of rotatable bonds is 4. The molecule has 0 saturated carbocycles. The SMILES string of the molecule is CC1CCC(CSc2ccc(C=O)cc2)O1. The van der Waals surface area contributed by atoms with E-state index >= 15 is 0 Å². The van der Waals surface area contributed by atoms with E-state index in [9.17, 15) is 4.79 Å². The number of ether oxygens (including phenoxy) is 1. The number of carbonyl (C=O) groups excluding carboxylic acids is 1. The minimum absolute atomic E-state index is 0.394. The van der Waals surface area contributed by atoms with E-state index in [4.69, 9.17) is 4.74 Å². The molecule has 86 valence electrons. The zero-order valence-corrected chi connectivity index (χ0v) is 10.2. The minimum atomic E-state index is 0.394. The average molecular weight is 236 g/mol. The van der Waals surface area contributed by atoms with Crippen molar-refractivity contribution in [2.24, 2.45) is 0 Å². The molecule has 0 radical (unpaired) electrons. The summed E-state index contributed by atoms with van der Waals surface area (Å²) in [4.78, 5) is 11.7. The summed E-state index contributed by atoms with van der Waals surface area (Å²) in [5.41, 5.74) is 0.732. The summed E-state index contributed by atoms with van der Waals surface area (Å²) >= 11 is 1.80. The van der Waals surface area contributed by atoms with Gasteiger partial charge in [-0.3, -0.25) is 4.79 Å². The highest BCUT2D eigenvalue weighted by Crippen LogP contribution is 2.26. The summed E-state index contributed by atoms with van der Waals surface area (Å²) in [5, 5.41) is 0. The zero-order chi connectivity index (χ0) is 11.4. The average Bonchev–Trinajstić information content (AvgIpc) is 2.73. The first-order chi connectivity index (χ1) is 7.78. The standard InChI is InChI=1S/C13H16O2S/c1-10-2-5-12(15-10)9-16-13-6-3-11(8-14)4-7-13/h3-4,6-8,10,12H,2,5,9H2,1H3. The Morgan fingerprint density at radius 1 is 1.38 bits per heavy atom. The molecule has 1 aromatic carbocycles. The van der Waals surface area contributed by atoms with Crippen molar-refractivity contribution >= 4 is 18.0 Å². The van der Waals surface area contributed by atoms with Crippen molar-refractivity contribution < 1.29 is 9.53 Å². The van der Waals surface area contributed by atoms with Gasteiger partial charge in [-0.2, -0.15) is 0 Å². The van der Waals surface area contributed by atoms with Gasteiger partial charge >= 0.3 is 0 Å². The van der Waals surface area contributed by atoms with Crippen molar-refractivity contribution in [2.45, 2.75) is 36.9 Å². The normalized spacial score (nSPS) is 24.6. The van der Waals surface area contributed by atoms with Crippen LogP contribution in [0.15, 0.2) is 29.2 Å². The third-order valence-corrected chi connectivity index (χ3v) is 3.92. The lowest BCUT2D eigenvalue weighted by Gasteiger charge is -2.10. The maximum atomic E-state index is 10.5. The van der Waals surface area contributed by atoms with E-state index < -0.39 is 0 Å². The molecule has 1 aliphatic rings. The van der Waals surface area contributed by atoms with Crippen molar-refractivity contribution in [2.75, 3.05) is 5.75 Å². The van der Waals surface area contributed by atoms with Crippen LogP contribution in [0.25, 0.3) is 0 Å². The maximum Gasteiger partial charge on any atom is 0.150 e. The van der Waals surface area contributed by atoms with E-state index in [1.54, 1.807) is 11.8 Å². The van der Waals surface area contributed by atoms with E-state index in [1.165, 1.54) is 17.7 Å². The summed E-state index contributed by atoms with van der Waals surface area (Å²) in [6.45, 7) is 2.13. The fourth-order valence-corrected chi connectivity index (χ4v) is 2.79. The lowest BCUT2D eigenvalue weighted by molar-refractivity contribution is 0.0700. The van der Waals surface area contributed by atoms with Crippen LogP contribution in [0.1, 0.15) is 30.1 Å². The molecule has 2 nitrogen and oxygen atoms in total. The summed E-state index contributed by atoms with van der Waals surface area (Å²) in [5.74, 6) is 1.00. The maximum absolute atomic E-state index is 10.5. The second-order valence-electron chi connectivity index (χ2n) is 4.14. The third-order valence-electron chi connectivity index (χ3n) is 2.77. The highest BCUT2D eigenvalue weighted by Gasteiger charge is 2.21. The molecule has 2 atom stereocenters. The molecule has 2 rings (SSSR count). The van der Waals surface area contributed by atoms with Crippen molar-refractivity contribution in [1.82, 2.24) is 0 Å². The lowest BCUT2D eigenvalue weighted by Crippen LogP contribution is -2.10. The van der Waals surface area contributed by atoms with Gasteiger partial charge in [0.05, 0.1) is 12.2 Å². The smallest absolute Gasteiger partial charge is 0.150 e. The Morgan fingerprint density at radius 2 is 2.12 bits per heavy atom. The van der Waals surface area contributed by atoms with Gasteiger partial charge in [-0.25, -0.2) is 0 Å². The van der Waals surface area contributed by atoms with Crippen molar-refractivity contribution in [3.8, 4) is 0 Å². The second kappa shape index (κ2) is 5.51. The summed E-state index contributed by atoms with van der Waals surface area (Å²) in [6.07, 6.45) is 4.03. The molecule has 0 bridgehead atoms. The van der Waals surface area contributed by atoms with Crippen LogP contribution in [-0.2, 0) is 4.74 Å². The van der Waals surface area contributed by atoms with Crippen molar-refractivity contribution in [3.05, 3.63) is 29.8 Å². The Bertz CT molecular complexity index is 347. The summed E-state index contributed by atoms with van der Waals surface area (Å²) < 4.78 is 5.75. The Labute approximate surface area is 100 Å². The van der Waals surface area contributed by atoms with Gasteiger partial charge in [-0.05, 0) is 31.9 Å². The molecular formula is C13H16O2S. The summed E-state index contributed by atoms with van der Waals surface area (Å²) in [6, 6.07) is 7.69. The van der Waals surface area contributed by atoms with Gasteiger partial charge in [-0.15, -0.1) is 11.8 Å². The van der Waals surface area contributed by atoms with E-state index in [0.29, 0.717) is 12.2 Å². The van der Waals surface area contributed by atoms with E-state index in [0.717, 1.165) is 17.6 Å². The van der Waals surface area contributed by atoms with Gasteiger partial charge in [0.1, 0.15) is 6.29 Å². The molecule has 3 heteroatoms. The molecule has 2 unspecified atom stereocenters. The molecule has 0 N–H and O–H groups in total. The molecule has 1 fully saturated rings. The number of thioether (sulfide) groups is 1. The fourth-order valence-electron chi connectivity index (χ4n) is 1.84. The van der Waals surface area contributed by atoms with Crippen molar-refractivity contribution in [1.29, 1.82) is 0 Å². The minimum Gasteiger partial charge on any atom is -0.374 e.